The summed E-state index contributed by atoms with van der Waals surface area (Å²) in [6.45, 7) is 14.7. The van der Waals surface area contributed by atoms with E-state index in [0.717, 1.165) is 57.6 Å². The monoisotopic (exact) mass is 937 g/mol. The molecule has 0 bridgehead atoms. The van der Waals surface area contributed by atoms with Crippen molar-refractivity contribution >= 4 is 50.7 Å². The Morgan fingerprint density at radius 1 is 0.797 bits per heavy atom. The van der Waals surface area contributed by atoms with Gasteiger partial charge in [0.2, 0.25) is 0 Å². The first-order chi connectivity index (χ1) is 29.7. The molecule has 2 fully saturated rings. The van der Waals surface area contributed by atoms with Crippen LogP contribution >= 0.6 is 15.9 Å². The second-order valence-corrected chi connectivity index (χ2v) is 18.5. The van der Waals surface area contributed by atoms with Crippen molar-refractivity contribution in [2.24, 2.45) is 19.5 Å². The highest BCUT2D eigenvalue weighted by molar-refractivity contribution is 9.10. The number of pyridine rings is 3. The molecule has 17 heteroatoms. The number of nitrogens with one attached hydrogen (secondary N) is 2. The number of nitrogens with zero attached hydrogens (tertiary/aromatic N) is 9. The average Bonchev–Trinajstić information content (AvgIpc) is 3.91. The third-order valence-corrected chi connectivity index (χ3v) is 12.6. The maximum absolute atomic E-state index is 13.9. The summed E-state index contributed by atoms with van der Waals surface area (Å²) in [6.07, 6.45) is 8.02. The lowest BCUT2D eigenvalue weighted by Gasteiger charge is -2.31. The largest absolute Gasteiger partial charge is 0.377 e. The number of aryl methyl sites for hydroxylation is 4. The van der Waals surface area contributed by atoms with Crippen molar-refractivity contribution in [2.45, 2.75) is 87.4 Å². The first kappa shape index (κ1) is 46.2. The Bertz CT molecular complexity index is 2840. The van der Waals surface area contributed by atoms with E-state index in [1.165, 1.54) is 15.8 Å². The normalized spacial score (nSPS) is 16.4. The van der Waals surface area contributed by atoms with Gasteiger partial charge in [-0.3, -0.25) is 28.6 Å². The summed E-state index contributed by atoms with van der Waals surface area (Å²) in [4.78, 5) is 45.6. The zero-order valence-corrected chi connectivity index (χ0v) is 37.7. The highest BCUT2D eigenvalue weighted by atomic mass is 79.9. The quantitative estimate of drug-likeness (QED) is 0.147. The van der Waals surface area contributed by atoms with Crippen molar-refractivity contribution in [3.8, 4) is 11.1 Å². The number of carbonyl (C=O) groups excluding carboxylic acids is 1. The molecule has 16 nitrogen and oxygen atoms in total. The third kappa shape index (κ3) is 8.60. The number of aromatic nitrogens is 8. The number of halogens is 1. The number of hydrogen-bond donors (Lipinski definition) is 2. The van der Waals surface area contributed by atoms with Crippen molar-refractivity contribution in [1.82, 2.24) is 38.2 Å². The Morgan fingerprint density at radius 2 is 1.38 bits per heavy atom. The molecule has 10 rings (SSSR count). The highest BCUT2D eigenvalue weighted by Crippen LogP contribution is 2.40. The SMILES string of the molecule is C.C.CCc1c(-c2cc(Nc3cc(C)n(C4COC4)n3)c(=O)n(C)c2)ccnc1N1CCn2c(cc3c2CC(C)(C)C3)C1=O.Cc1cc(Nc2cc(Br)cn(C)c2=O)nn1C1COC1. The van der Waals surface area contributed by atoms with Crippen LogP contribution in [0.4, 0.5) is 28.8 Å². The van der Waals surface area contributed by atoms with Gasteiger partial charge >= 0.3 is 0 Å². The van der Waals surface area contributed by atoms with Gasteiger partial charge in [-0.1, -0.05) is 35.6 Å². The van der Waals surface area contributed by atoms with Crippen molar-refractivity contribution < 1.29 is 14.3 Å². The lowest BCUT2D eigenvalue weighted by Crippen LogP contribution is -2.41. The molecule has 0 radical (unpaired) electrons. The number of ether oxygens (including phenoxy) is 2. The lowest BCUT2D eigenvalue weighted by molar-refractivity contribution is -0.0294. The van der Waals surface area contributed by atoms with Gasteiger partial charge in [0.05, 0.1) is 38.5 Å². The Balaban J connectivity index is 0.000000235. The number of rotatable bonds is 9. The number of hydrogen-bond acceptors (Lipinski definition) is 10. The Hall–Kier alpha value is -5.78. The fourth-order valence-corrected chi connectivity index (χ4v) is 9.53. The van der Waals surface area contributed by atoms with Gasteiger partial charge in [-0.2, -0.15) is 10.2 Å². The van der Waals surface area contributed by atoms with E-state index in [2.05, 4.69) is 68.2 Å². The topological polar surface area (TPSA) is 160 Å². The second-order valence-electron chi connectivity index (χ2n) is 17.6. The fourth-order valence-electron chi connectivity index (χ4n) is 9.00. The summed E-state index contributed by atoms with van der Waals surface area (Å²) in [7, 11) is 3.47. The molecule has 2 N–H and O–H groups in total. The first-order valence-electron chi connectivity index (χ1n) is 21.1. The standard InChI is InChI=1S/C32H37N7O3.C13H15BrN4O2.2CH4/c1-6-23-24(21-12-25(30(40)36(5)16-21)34-28-11-19(2)39(35-28)22-17-42-18-22)7-8-33-29(23)38-10-9-37-26(31(38)41)13-20-14-32(3,4)15-27(20)37;1-8-3-12(16-18(8)10-6-20-7-10)15-11-4-9(14)5-17(2)13(11)19;;/h7-8,11-13,16,22H,6,9-10,14-15,17-18H2,1-5H3,(H,34,35);3-5,10H,6-7H2,1-2H3,(H,15,16);2*1H4. The fraction of sp³-hybridized carbons (Fsp3) is 0.447. The minimum absolute atomic E-state index is 0. The molecule has 3 aliphatic heterocycles. The lowest BCUT2D eigenvalue weighted by atomic mass is 9.90. The van der Waals surface area contributed by atoms with Crippen LogP contribution in [0.25, 0.3) is 11.1 Å². The highest BCUT2D eigenvalue weighted by Gasteiger charge is 2.37. The van der Waals surface area contributed by atoms with Crippen molar-refractivity contribution in [3.05, 3.63) is 114 Å². The molecular weight excluding hydrogens is 878 g/mol. The van der Waals surface area contributed by atoms with E-state index in [0.29, 0.717) is 74.3 Å². The minimum Gasteiger partial charge on any atom is -0.377 e. The average molecular weight is 939 g/mol. The summed E-state index contributed by atoms with van der Waals surface area (Å²) in [6, 6.07) is 12.1. The van der Waals surface area contributed by atoms with Crippen molar-refractivity contribution in [1.29, 1.82) is 0 Å². The van der Waals surface area contributed by atoms with Gasteiger partial charge in [-0.25, -0.2) is 4.98 Å². The zero-order valence-electron chi connectivity index (χ0n) is 36.2. The van der Waals surface area contributed by atoms with Crippen molar-refractivity contribution in [2.75, 3.05) is 48.5 Å². The second kappa shape index (κ2) is 18.0. The van der Waals surface area contributed by atoms with Gasteiger partial charge in [0.25, 0.3) is 17.0 Å². The van der Waals surface area contributed by atoms with Gasteiger partial charge in [-0.05, 0) is 89.8 Å². The molecule has 0 aromatic carbocycles. The van der Waals surface area contributed by atoms with Gasteiger partial charge in [0, 0.05) is 90.6 Å². The molecule has 340 valence electrons. The molecule has 1 aliphatic carbocycles. The summed E-state index contributed by atoms with van der Waals surface area (Å²) in [5.41, 5.74) is 9.18. The van der Waals surface area contributed by atoms with Crippen LogP contribution in [-0.2, 0) is 49.4 Å². The van der Waals surface area contributed by atoms with Gasteiger partial charge in [-0.15, -0.1) is 0 Å². The molecular formula is C47H60BrN11O5. The number of carbonyl (C=O) groups is 1. The maximum Gasteiger partial charge on any atom is 0.276 e. The van der Waals surface area contributed by atoms with Crippen LogP contribution in [0.1, 0.15) is 86.4 Å². The molecule has 0 atom stereocenters. The van der Waals surface area contributed by atoms with E-state index in [9.17, 15) is 14.4 Å². The van der Waals surface area contributed by atoms with E-state index in [1.807, 2.05) is 58.6 Å². The van der Waals surface area contributed by atoms with Crippen LogP contribution in [0.3, 0.4) is 0 Å². The summed E-state index contributed by atoms with van der Waals surface area (Å²) < 4.78 is 20.6. The van der Waals surface area contributed by atoms with E-state index in [4.69, 9.17) is 14.5 Å². The van der Waals surface area contributed by atoms with E-state index >= 15 is 0 Å². The molecule has 2 saturated heterocycles. The first-order valence-corrected chi connectivity index (χ1v) is 21.9. The van der Waals surface area contributed by atoms with Gasteiger partial charge in [0.15, 0.2) is 11.6 Å². The predicted octanol–water partition coefficient (Wildman–Crippen LogP) is 7.66. The van der Waals surface area contributed by atoms with Crippen LogP contribution < -0.4 is 26.7 Å². The van der Waals surface area contributed by atoms with Crippen LogP contribution in [0.5, 0.6) is 0 Å². The van der Waals surface area contributed by atoms with E-state index < -0.39 is 0 Å². The Morgan fingerprint density at radius 3 is 1.94 bits per heavy atom. The summed E-state index contributed by atoms with van der Waals surface area (Å²) in [5.74, 6) is 1.98. The number of anilines is 5. The predicted molar refractivity (Wildman–Crippen MR) is 255 cm³/mol. The molecule has 6 aromatic rings. The summed E-state index contributed by atoms with van der Waals surface area (Å²) >= 11 is 3.38. The van der Waals surface area contributed by atoms with Crippen molar-refractivity contribution in [3.63, 3.8) is 0 Å². The molecule has 1 amide bonds. The van der Waals surface area contributed by atoms with E-state index in [1.54, 1.807) is 37.1 Å². The van der Waals surface area contributed by atoms with Crippen LogP contribution in [0.2, 0.25) is 0 Å². The van der Waals surface area contributed by atoms with Gasteiger partial charge in [0.1, 0.15) is 22.9 Å². The van der Waals surface area contributed by atoms with Gasteiger partial charge < -0.3 is 33.8 Å². The number of amides is 1. The maximum atomic E-state index is 13.9. The number of fused-ring (bicyclic) bond motifs is 3. The molecule has 0 saturated carbocycles. The molecule has 9 heterocycles. The van der Waals surface area contributed by atoms with Crippen LogP contribution in [0.15, 0.2) is 69.1 Å². The Kier molecular flexibility index (Phi) is 13.0. The molecule has 0 spiro atoms. The molecule has 4 aliphatic rings. The van der Waals surface area contributed by atoms with E-state index in [-0.39, 0.29) is 43.3 Å². The third-order valence-electron chi connectivity index (χ3n) is 12.2. The molecule has 6 aromatic heterocycles. The smallest absolute Gasteiger partial charge is 0.276 e. The van der Waals surface area contributed by atoms with Crippen LogP contribution in [-0.4, -0.2) is 77.1 Å². The zero-order chi connectivity index (χ0) is 43.6. The summed E-state index contributed by atoms with van der Waals surface area (Å²) in [5, 5.41) is 15.5. The minimum atomic E-state index is -0.145. The Labute approximate surface area is 382 Å². The molecule has 0 unspecified atom stereocenters. The van der Waals surface area contributed by atoms with Crippen LogP contribution in [0, 0.1) is 19.3 Å². The molecule has 64 heavy (non-hydrogen) atoms.